The van der Waals surface area contributed by atoms with Crippen LogP contribution in [0.4, 0.5) is 0 Å². The van der Waals surface area contributed by atoms with E-state index in [0.717, 1.165) is 0 Å². The maximum atomic E-state index is 2.53. The van der Waals surface area contributed by atoms with Crippen molar-refractivity contribution in [2.75, 3.05) is 19.0 Å². The molecule has 1 saturated heterocycles. The van der Waals surface area contributed by atoms with E-state index < -0.39 is 0 Å². The van der Waals surface area contributed by atoms with Gasteiger partial charge in [0.2, 0.25) is 0 Å². The molecule has 0 spiro atoms. The fraction of sp³-hybridized carbons (Fsp3) is 0.778. The van der Waals surface area contributed by atoms with Gasteiger partial charge in [-0.2, -0.15) is 0 Å². The molecule has 1 nitrogen and oxygen atoms in total. The van der Waals surface area contributed by atoms with Crippen LogP contribution in [0.2, 0.25) is 0 Å². The normalized spacial score (nSPS) is 21.1. The molecule has 1 heterocycles. The molecule has 1 rings (SSSR count). The maximum absolute atomic E-state index is 2.53. The quantitative estimate of drug-likeness (QED) is 0.642. The van der Waals surface area contributed by atoms with Crippen LogP contribution in [0.5, 0.6) is 0 Å². The highest BCUT2D eigenvalue weighted by molar-refractivity contribution is 8.02. The van der Waals surface area contributed by atoms with Crippen LogP contribution in [-0.2, 0) is 0 Å². The number of hydrogen-bond donors (Lipinski definition) is 0. The van der Waals surface area contributed by atoms with E-state index in [4.69, 9.17) is 0 Å². The van der Waals surface area contributed by atoms with Gasteiger partial charge in [-0.25, -0.2) is 0 Å². The summed E-state index contributed by atoms with van der Waals surface area (Å²) in [6.45, 7) is 6.90. The summed E-state index contributed by atoms with van der Waals surface area (Å²) in [5.74, 6) is 1.19. The van der Waals surface area contributed by atoms with Crippen molar-refractivity contribution >= 4 is 11.8 Å². The number of nitrogens with zero attached hydrogens (tertiary/aromatic N) is 1. The summed E-state index contributed by atoms with van der Waals surface area (Å²) < 4.78 is 0. The second-order valence-electron chi connectivity index (χ2n) is 3.00. The van der Waals surface area contributed by atoms with Crippen LogP contribution < -0.4 is 0 Å². The molecule has 1 aliphatic rings. The minimum Gasteiger partial charge on any atom is -0.294 e. The molecule has 0 bridgehead atoms. The third-order valence-corrected chi connectivity index (χ3v) is 3.27. The minimum atomic E-state index is 1.19. The van der Waals surface area contributed by atoms with Gasteiger partial charge in [0, 0.05) is 5.88 Å². The van der Waals surface area contributed by atoms with Crippen LogP contribution in [0, 0.1) is 0 Å². The highest BCUT2D eigenvalue weighted by Crippen LogP contribution is 2.18. The van der Waals surface area contributed by atoms with E-state index in [1.165, 1.54) is 36.7 Å². The Hall–Kier alpha value is 0.0500. The van der Waals surface area contributed by atoms with E-state index in [2.05, 4.69) is 24.8 Å². The highest BCUT2D eigenvalue weighted by Gasteiger charge is 2.10. The maximum Gasteiger partial charge on any atom is 0.0488 e. The molecular formula is C9H17NS. The molecule has 0 aromatic heterocycles. The van der Waals surface area contributed by atoms with E-state index in [1.54, 1.807) is 0 Å². The molecule has 64 valence electrons. The standard InChI is InChI=1S/C9H17NS/c1-3-9(2)11-8-10-6-4-5-7-10/h3H,4-8H2,1-2H3/b9-3-. The van der Waals surface area contributed by atoms with Crippen molar-refractivity contribution in [3.63, 3.8) is 0 Å². The fourth-order valence-corrected chi connectivity index (χ4v) is 2.00. The fourth-order valence-electron chi connectivity index (χ4n) is 1.19. The number of rotatable bonds is 3. The molecule has 1 fully saturated rings. The summed E-state index contributed by atoms with van der Waals surface area (Å²) in [7, 11) is 0. The average molecular weight is 171 g/mol. The number of allylic oxidation sites excluding steroid dienone is 2. The van der Waals surface area contributed by atoms with Gasteiger partial charge >= 0.3 is 0 Å². The molecule has 0 atom stereocenters. The molecule has 0 saturated carbocycles. The van der Waals surface area contributed by atoms with Gasteiger partial charge in [-0.15, -0.1) is 11.8 Å². The van der Waals surface area contributed by atoms with Crippen molar-refractivity contribution in [1.29, 1.82) is 0 Å². The molecule has 0 radical (unpaired) electrons. The first-order valence-corrected chi connectivity index (χ1v) is 5.29. The first-order chi connectivity index (χ1) is 5.33. The van der Waals surface area contributed by atoms with Crippen molar-refractivity contribution in [1.82, 2.24) is 4.90 Å². The number of hydrogen-bond acceptors (Lipinski definition) is 2. The van der Waals surface area contributed by atoms with Crippen molar-refractivity contribution in [2.45, 2.75) is 26.7 Å². The van der Waals surface area contributed by atoms with E-state index in [0.29, 0.717) is 0 Å². The predicted octanol–water partition coefficient (Wildman–Crippen LogP) is 2.70. The summed E-state index contributed by atoms with van der Waals surface area (Å²) in [5.41, 5.74) is 0. The van der Waals surface area contributed by atoms with Crippen LogP contribution in [0.1, 0.15) is 26.7 Å². The largest absolute Gasteiger partial charge is 0.294 e. The van der Waals surface area contributed by atoms with Gasteiger partial charge in [0.15, 0.2) is 0 Å². The van der Waals surface area contributed by atoms with Crippen molar-refractivity contribution in [3.05, 3.63) is 11.0 Å². The molecule has 0 amide bonds. The zero-order valence-electron chi connectivity index (χ0n) is 7.47. The Bertz CT molecular complexity index is 136. The Morgan fingerprint density at radius 2 is 2.09 bits per heavy atom. The summed E-state index contributed by atoms with van der Waals surface area (Å²) in [4.78, 5) is 3.97. The third kappa shape index (κ3) is 3.30. The molecule has 0 N–H and O–H groups in total. The lowest BCUT2D eigenvalue weighted by Gasteiger charge is -2.13. The third-order valence-electron chi connectivity index (χ3n) is 2.08. The first kappa shape index (κ1) is 9.14. The Morgan fingerprint density at radius 1 is 1.45 bits per heavy atom. The van der Waals surface area contributed by atoms with Gasteiger partial charge in [-0.3, -0.25) is 4.90 Å². The Morgan fingerprint density at radius 3 is 2.64 bits per heavy atom. The van der Waals surface area contributed by atoms with Gasteiger partial charge in [-0.1, -0.05) is 6.08 Å². The van der Waals surface area contributed by atoms with Crippen LogP contribution in [-0.4, -0.2) is 23.9 Å². The van der Waals surface area contributed by atoms with Crippen LogP contribution in [0.3, 0.4) is 0 Å². The van der Waals surface area contributed by atoms with E-state index in [1.807, 2.05) is 11.8 Å². The summed E-state index contributed by atoms with van der Waals surface area (Å²) in [6.07, 6.45) is 4.98. The van der Waals surface area contributed by atoms with E-state index in [-0.39, 0.29) is 0 Å². The SMILES string of the molecule is C/C=C(/C)SCN1CCCC1. The van der Waals surface area contributed by atoms with Crippen molar-refractivity contribution in [2.24, 2.45) is 0 Å². The van der Waals surface area contributed by atoms with Crippen LogP contribution in [0.25, 0.3) is 0 Å². The minimum absolute atomic E-state index is 1.19. The second kappa shape index (κ2) is 4.83. The smallest absolute Gasteiger partial charge is 0.0488 e. The van der Waals surface area contributed by atoms with Crippen LogP contribution in [0.15, 0.2) is 11.0 Å². The summed E-state index contributed by atoms with van der Waals surface area (Å²) in [5, 5.41) is 0. The highest BCUT2D eigenvalue weighted by atomic mass is 32.2. The van der Waals surface area contributed by atoms with Gasteiger partial charge in [-0.05, 0) is 44.7 Å². The molecular weight excluding hydrogens is 154 g/mol. The first-order valence-electron chi connectivity index (χ1n) is 4.31. The topological polar surface area (TPSA) is 3.24 Å². The van der Waals surface area contributed by atoms with Gasteiger partial charge in [0.1, 0.15) is 0 Å². The Balaban J connectivity index is 2.11. The second-order valence-corrected chi connectivity index (χ2v) is 4.19. The van der Waals surface area contributed by atoms with Gasteiger partial charge < -0.3 is 0 Å². The zero-order valence-corrected chi connectivity index (χ0v) is 8.28. The van der Waals surface area contributed by atoms with Gasteiger partial charge in [0.25, 0.3) is 0 Å². The molecule has 0 unspecified atom stereocenters. The Labute approximate surface area is 73.8 Å². The predicted molar refractivity (Wildman–Crippen MR) is 52.7 cm³/mol. The molecule has 0 aromatic rings. The summed E-state index contributed by atoms with van der Waals surface area (Å²) >= 11 is 1.96. The van der Waals surface area contributed by atoms with E-state index in [9.17, 15) is 0 Å². The van der Waals surface area contributed by atoms with Crippen molar-refractivity contribution < 1.29 is 0 Å². The Kier molecular flexibility index (Phi) is 4.02. The van der Waals surface area contributed by atoms with Crippen molar-refractivity contribution in [3.8, 4) is 0 Å². The lowest BCUT2D eigenvalue weighted by molar-refractivity contribution is 0.401. The lowest BCUT2D eigenvalue weighted by atomic mass is 10.4. The van der Waals surface area contributed by atoms with E-state index >= 15 is 0 Å². The molecule has 0 aliphatic carbocycles. The average Bonchev–Trinajstić information content (AvgIpc) is 2.52. The molecule has 11 heavy (non-hydrogen) atoms. The zero-order chi connectivity index (χ0) is 8.10. The monoisotopic (exact) mass is 171 g/mol. The molecule has 0 aromatic carbocycles. The molecule has 2 heteroatoms. The van der Waals surface area contributed by atoms with Gasteiger partial charge in [0.05, 0.1) is 0 Å². The number of thioether (sulfide) groups is 1. The number of likely N-dealkylation sites (tertiary alicyclic amines) is 1. The summed E-state index contributed by atoms with van der Waals surface area (Å²) in [6, 6.07) is 0. The van der Waals surface area contributed by atoms with Crippen LogP contribution >= 0.6 is 11.8 Å². The molecule has 1 aliphatic heterocycles. The lowest BCUT2D eigenvalue weighted by Crippen LogP contribution is -2.17.